The first-order valence-corrected chi connectivity index (χ1v) is 21.4. The van der Waals surface area contributed by atoms with Crippen molar-refractivity contribution in [1.82, 2.24) is 0 Å². The Bertz CT molecular complexity index is 2910. The third-order valence-electron chi connectivity index (χ3n) is 8.33. The first-order valence-electron chi connectivity index (χ1n) is 15.6. The minimum atomic E-state index is -4.90. The molecule has 18 nitrogen and oxygen atoms in total. The molecule has 0 fully saturated rings. The number of phenols is 2. The van der Waals surface area contributed by atoms with Gasteiger partial charge in [0.25, 0.3) is 40.5 Å². The summed E-state index contributed by atoms with van der Waals surface area (Å²) >= 11 is 0. The molecule has 57 heavy (non-hydrogen) atoms. The Kier molecular flexibility index (Phi) is 12.4. The van der Waals surface area contributed by atoms with Crippen LogP contribution in [0.5, 0.6) is 11.5 Å². The molecule has 0 saturated carbocycles. The Morgan fingerprint density at radius 3 is 1.12 bits per heavy atom. The molecule has 0 saturated heterocycles. The fourth-order valence-electron chi connectivity index (χ4n) is 5.68. The molecule has 6 aromatic rings. The topological polar surface area (TPSA) is 307 Å². The van der Waals surface area contributed by atoms with Crippen LogP contribution in [0.2, 0.25) is 0 Å². The van der Waals surface area contributed by atoms with Crippen molar-refractivity contribution in [2.24, 2.45) is 20.5 Å². The van der Waals surface area contributed by atoms with Gasteiger partial charge in [0.1, 0.15) is 22.9 Å². The Hall–Kier alpha value is -4.72. The summed E-state index contributed by atoms with van der Waals surface area (Å²) in [5.74, 6) is -0.726. The van der Waals surface area contributed by atoms with Gasteiger partial charge in [-0.3, -0.25) is 18.2 Å². The first kappa shape index (κ1) is 43.4. The molecule has 6 rings (SSSR count). The fraction of sp³-hybridized carbons (Fsp3) is 0.0588. The van der Waals surface area contributed by atoms with Crippen LogP contribution in [0, 0.1) is 0 Å². The van der Waals surface area contributed by atoms with E-state index < -0.39 is 60.1 Å². The van der Waals surface area contributed by atoms with Gasteiger partial charge in [0.2, 0.25) is 0 Å². The van der Waals surface area contributed by atoms with Gasteiger partial charge in [-0.1, -0.05) is 36.4 Å². The normalized spacial score (nSPS) is 12.8. The average molecular weight is 866 g/mol. The Labute approximate surface area is 346 Å². The van der Waals surface area contributed by atoms with Crippen molar-refractivity contribution in [3.05, 3.63) is 108 Å². The van der Waals surface area contributed by atoms with E-state index in [0.29, 0.717) is 0 Å². The summed E-state index contributed by atoms with van der Waals surface area (Å²) < 4.78 is 135. The SMILES string of the molecule is O=S(=O)(O)c1ccc2c(N=Nc3ccc(CCc4ccc(N=Nc5c(O)ccc6cc(S(=O)(=O)O)ccc56)cc4S(=O)(=O)O)c(S(=O)(=O)O)c3)c(O)ccc2c1.[Na+]. The monoisotopic (exact) mass is 865 g/mol. The summed E-state index contributed by atoms with van der Waals surface area (Å²) in [6.45, 7) is 0. The summed E-state index contributed by atoms with van der Waals surface area (Å²) in [5, 5.41) is 37.7. The van der Waals surface area contributed by atoms with E-state index in [1.54, 1.807) is 0 Å². The van der Waals surface area contributed by atoms with Gasteiger partial charge in [-0.15, -0.1) is 10.2 Å². The molecule has 0 atom stereocenters. The van der Waals surface area contributed by atoms with Crippen molar-refractivity contribution in [2.45, 2.75) is 32.4 Å². The van der Waals surface area contributed by atoms with Crippen molar-refractivity contribution >= 4 is 84.8 Å². The van der Waals surface area contributed by atoms with E-state index >= 15 is 0 Å². The Morgan fingerprint density at radius 2 is 0.789 bits per heavy atom. The van der Waals surface area contributed by atoms with Crippen molar-refractivity contribution in [3.63, 3.8) is 0 Å². The van der Waals surface area contributed by atoms with Crippen LogP contribution in [0.4, 0.5) is 22.7 Å². The number of azo groups is 2. The summed E-state index contributed by atoms with van der Waals surface area (Å²) in [4.78, 5) is -2.02. The molecule has 0 spiro atoms. The second kappa shape index (κ2) is 16.3. The molecule has 0 bridgehead atoms. The van der Waals surface area contributed by atoms with Crippen LogP contribution in [-0.2, 0) is 53.3 Å². The predicted molar refractivity (Wildman–Crippen MR) is 199 cm³/mol. The van der Waals surface area contributed by atoms with E-state index in [0.717, 1.165) is 36.4 Å². The summed E-state index contributed by atoms with van der Waals surface area (Å²) in [6, 6.07) is 19.3. The van der Waals surface area contributed by atoms with Crippen LogP contribution in [0.3, 0.4) is 0 Å². The Balaban J connectivity index is 0.00000620. The van der Waals surface area contributed by atoms with Crippen LogP contribution < -0.4 is 29.6 Å². The van der Waals surface area contributed by atoms with Crippen LogP contribution >= 0.6 is 0 Å². The molecular weight excluding hydrogens is 840 g/mol. The van der Waals surface area contributed by atoms with Crippen molar-refractivity contribution in [3.8, 4) is 11.5 Å². The van der Waals surface area contributed by atoms with Gasteiger partial charge >= 0.3 is 29.6 Å². The van der Waals surface area contributed by atoms with Gasteiger partial charge in [0, 0.05) is 10.8 Å². The molecule has 290 valence electrons. The number of nitrogens with zero attached hydrogens (tertiary/aromatic N) is 4. The molecule has 0 aliphatic heterocycles. The van der Waals surface area contributed by atoms with Gasteiger partial charge in [-0.2, -0.15) is 43.9 Å². The Morgan fingerprint density at radius 1 is 0.421 bits per heavy atom. The smallest absolute Gasteiger partial charge is 0.506 e. The van der Waals surface area contributed by atoms with E-state index in [1.807, 2.05) is 0 Å². The van der Waals surface area contributed by atoms with Gasteiger partial charge in [-0.25, -0.2) is 0 Å². The zero-order valence-corrected chi connectivity index (χ0v) is 34.3. The van der Waals surface area contributed by atoms with Crippen LogP contribution in [0.25, 0.3) is 21.5 Å². The van der Waals surface area contributed by atoms with Gasteiger partial charge < -0.3 is 10.2 Å². The maximum Gasteiger partial charge on any atom is 1.00 e. The second-order valence-corrected chi connectivity index (χ2v) is 17.6. The van der Waals surface area contributed by atoms with E-state index in [2.05, 4.69) is 20.5 Å². The minimum absolute atomic E-state index is 0. The second-order valence-electron chi connectivity index (χ2n) is 12.0. The number of benzene rings is 6. The molecule has 0 aliphatic rings. The first-order chi connectivity index (χ1) is 26.1. The summed E-state index contributed by atoms with van der Waals surface area (Å²) in [6.07, 6.45) is -0.378. The van der Waals surface area contributed by atoms with Gasteiger partial charge in [-0.05, 0) is 95.4 Å². The van der Waals surface area contributed by atoms with E-state index in [4.69, 9.17) is 0 Å². The van der Waals surface area contributed by atoms with Crippen molar-refractivity contribution < 1.29 is 91.7 Å². The molecule has 0 aliphatic carbocycles. The third kappa shape index (κ3) is 9.88. The number of aromatic hydroxyl groups is 2. The number of hydrogen-bond donors (Lipinski definition) is 6. The van der Waals surface area contributed by atoms with Crippen molar-refractivity contribution in [1.29, 1.82) is 0 Å². The number of hydrogen-bond acceptors (Lipinski definition) is 14. The quantitative estimate of drug-likeness (QED) is 0.0609. The van der Waals surface area contributed by atoms with Crippen LogP contribution in [0.1, 0.15) is 11.1 Å². The van der Waals surface area contributed by atoms with E-state index in [1.165, 1.54) is 60.7 Å². The molecule has 0 radical (unpaired) electrons. The number of aryl methyl sites for hydroxylation is 2. The van der Waals surface area contributed by atoms with Crippen molar-refractivity contribution in [2.75, 3.05) is 0 Å². The molecule has 0 amide bonds. The van der Waals surface area contributed by atoms with E-state index in [-0.39, 0.29) is 109 Å². The van der Waals surface area contributed by atoms with Gasteiger partial charge in [0.05, 0.1) is 31.0 Å². The summed E-state index contributed by atoms with van der Waals surface area (Å²) in [7, 11) is -18.9. The van der Waals surface area contributed by atoms with Crippen LogP contribution in [0.15, 0.2) is 137 Å². The predicted octanol–water partition coefficient (Wildman–Crippen LogP) is 4.01. The number of fused-ring (bicyclic) bond motifs is 2. The standard InChI is InChI=1S/C34H26N4O14S4.Na/c39-29-13-5-21-15-25(53(41,42)43)9-11-27(21)33(29)37-35-23-7-3-19(31(17-23)55(47,48)49)1-2-20-4-8-24(18-32(20)56(50,51)52)36-38-34-28-12-10-26(54(44,45)46)16-22(28)6-14-30(34)40;/h3-18,39-40H,1-2H2,(H,41,42,43)(H,44,45,46)(H,47,48,49)(H,50,51,52);/q;+1. The number of rotatable bonds is 11. The molecule has 6 aromatic carbocycles. The maximum absolute atomic E-state index is 12.4. The average Bonchev–Trinajstić information content (AvgIpc) is 3.11. The summed E-state index contributed by atoms with van der Waals surface area (Å²) in [5.41, 5.74) is -0.401. The molecule has 0 heterocycles. The van der Waals surface area contributed by atoms with Crippen LogP contribution in [-0.4, -0.2) is 62.1 Å². The largest absolute Gasteiger partial charge is 1.00 e. The molecule has 6 N–H and O–H groups in total. The minimum Gasteiger partial charge on any atom is -0.506 e. The maximum atomic E-state index is 12.4. The number of phenolic OH excluding ortho intramolecular Hbond substituents is 2. The molecular formula is C34H26N4NaO14S4+. The molecule has 23 heteroatoms. The molecule has 0 unspecified atom stereocenters. The third-order valence-corrected chi connectivity index (χ3v) is 11.9. The molecule has 0 aromatic heterocycles. The van der Waals surface area contributed by atoms with E-state index in [9.17, 15) is 62.1 Å². The fourth-order valence-corrected chi connectivity index (χ4v) is 8.25. The zero-order chi connectivity index (χ0) is 40.8. The zero-order valence-electron chi connectivity index (χ0n) is 29.0. The van der Waals surface area contributed by atoms with Gasteiger partial charge in [0.15, 0.2) is 0 Å².